The van der Waals surface area contributed by atoms with E-state index in [1.54, 1.807) is 0 Å². The Bertz CT molecular complexity index is 610. The third-order valence-corrected chi connectivity index (χ3v) is 4.94. The number of carbonyl (C=O) groups excluding carboxylic acids is 1. The smallest absolute Gasteiger partial charge is 0.238 e. The highest BCUT2D eigenvalue weighted by atomic mass is 32.2. The first-order valence-electron chi connectivity index (χ1n) is 6.39. The van der Waals surface area contributed by atoms with E-state index in [0.717, 1.165) is 18.9 Å². The van der Waals surface area contributed by atoms with Gasteiger partial charge in [0.05, 0.1) is 5.75 Å². The third kappa shape index (κ3) is 3.34. The second kappa shape index (κ2) is 5.49. The summed E-state index contributed by atoms with van der Waals surface area (Å²) in [6.07, 6.45) is 2.33. The Morgan fingerprint density at radius 3 is 2.55 bits per heavy atom. The molecule has 0 saturated heterocycles. The number of nitrogens with one attached hydrogen (secondary N) is 1. The van der Waals surface area contributed by atoms with Crippen LogP contribution in [0, 0.1) is 5.82 Å². The average Bonchev–Trinajstić information content (AvgIpc) is 2.77. The van der Waals surface area contributed by atoms with E-state index in [9.17, 15) is 17.6 Å². The maximum absolute atomic E-state index is 13.1. The van der Waals surface area contributed by atoms with Crippen LogP contribution in [0.15, 0.2) is 24.3 Å². The SMILES string of the molecule is NC(=O)C1(NS(=O)(=O)Cc2cccc(F)c2)CCCC1. The van der Waals surface area contributed by atoms with Crippen molar-refractivity contribution in [1.82, 2.24) is 4.72 Å². The van der Waals surface area contributed by atoms with E-state index in [1.165, 1.54) is 18.2 Å². The van der Waals surface area contributed by atoms with Gasteiger partial charge in [-0.15, -0.1) is 0 Å². The zero-order chi connectivity index (χ0) is 14.8. The van der Waals surface area contributed by atoms with Gasteiger partial charge in [0.1, 0.15) is 11.4 Å². The predicted molar refractivity (Wildman–Crippen MR) is 72.6 cm³/mol. The van der Waals surface area contributed by atoms with Gasteiger partial charge in [-0.3, -0.25) is 4.79 Å². The van der Waals surface area contributed by atoms with Crippen molar-refractivity contribution in [3.63, 3.8) is 0 Å². The molecule has 0 aliphatic heterocycles. The Morgan fingerprint density at radius 2 is 2.00 bits per heavy atom. The van der Waals surface area contributed by atoms with Crippen molar-refractivity contribution in [2.45, 2.75) is 37.0 Å². The van der Waals surface area contributed by atoms with E-state index < -0.39 is 27.3 Å². The van der Waals surface area contributed by atoms with Crippen molar-refractivity contribution in [2.24, 2.45) is 5.73 Å². The first-order valence-corrected chi connectivity index (χ1v) is 8.04. The van der Waals surface area contributed by atoms with E-state index in [2.05, 4.69) is 4.72 Å². The highest BCUT2D eigenvalue weighted by molar-refractivity contribution is 7.88. The van der Waals surface area contributed by atoms with Gasteiger partial charge in [0, 0.05) is 0 Å². The fourth-order valence-corrected chi connectivity index (χ4v) is 4.15. The number of rotatable bonds is 5. The molecule has 0 spiro atoms. The Hall–Kier alpha value is -1.47. The fraction of sp³-hybridized carbons (Fsp3) is 0.462. The molecule has 110 valence electrons. The summed E-state index contributed by atoms with van der Waals surface area (Å²) in [5.74, 6) is -1.53. The van der Waals surface area contributed by atoms with Gasteiger partial charge in [0.25, 0.3) is 0 Å². The molecule has 1 saturated carbocycles. The molecule has 1 fully saturated rings. The second-order valence-electron chi connectivity index (χ2n) is 5.14. The van der Waals surface area contributed by atoms with Gasteiger partial charge in [0.15, 0.2) is 0 Å². The molecule has 0 heterocycles. The number of sulfonamides is 1. The molecule has 1 aliphatic carbocycles. The maximum Gasteiger partial charge on any atom is 0.238 e. The normalized spacial score (nSPS) is 18.1. The lowest BCUT2D eigenvalue weighted by molar-refractivity contribution is -0.123. The van der Waals surface area contributed by atoms with Gasteiger partial charge in [-0.05, 0) is 30.5 Å². The van der Waals surface area contributed by atoms with Gasteiger partial charge < -0.3 is 5.73 Å². The Labute approximate surface area is 117 Å². The van der Waals surface area contributed by atoms with Crippen LogP contribution in [0.25, 0.3) is 0 Å². The number of hydrogen-bond acceptors (Lipinski definition) is 3. The Balaban J connectivity index is 2.17. The molecular weight excluding hydrogens is 283 g/mol. The molecule has 20 heavy (non-hydrogen) atoms. The van der Waals surface area contributed by atoms with Crippen LogP contribution in [0.2, 0.25) is 0 Å². The lowest BCUT2D eigenvalue weighted by atomic mass is 9.99. The molecule has 3 N–H and O–H groups in total. The minimum absolute atomic E-state index is 0.329. The minimum atomic E-state index is -3.76. The summed E-state index contributed by atoms with van der Waals surface area (Å²) in [5, 5.41) is 0. The number of benzene rings is 1. The van der Waals surface area contributed by atoms with Gasteiger partial charge >= 0.3 is 0 Å². The Kier molecular flexibility index (Phi) is 4.10. The summed E-state index contributed by atoms with van der Waals surface area (Å²) < 4.78 is 39.7. The lowest BCUT2D eigenvalue weighted by Crippen LogP contribution is -2.55. The number of halogens is 1. The van der Waals surface area contributed by atoms with Crippen LogP contribution in [-0.2, 0) is 20.6 Å². The number of nitrogens with two attached hydrogens (primary N) is 1. The zero-order valence-electron chi connectivity index (χ0n) is 10.9. The summed E-state index contributed by atoms with van der Waals surface area (Å²) in [6.45, 7) is 0. The maximum atomic E-state index is 13.1. The Morgan fingerprint density at radius 1 is 1.35 bits per heavy atom. The average molecular weight is 300 g/mol. The van der Waals surface area contributed by atoms with E-state index in [0.29, 0.717) is 18.4 Å². The number of amides is 1. The first-order chi connectivity index (χ1) is 9.33. The third-order valence-electron chi connectivity index (χ3n) is 3.53. The molecule has 0 aromatic heterocycles. The number of primary amides is 1. The molecule has 0 radical (unpaired) electrons. The van der Waals surface area contributed by atoms with Crippen LogP contribution in [0.3, 0.4) is 0 Å². The summed E-state index contributed by atoms with van der Waals surface area (Å²) in [5.41, 5.74) is 4.47. The van der Waals surface area contributed by atoms with Crippen molar-refractivity contribution in [2.75, 3.05) is 0 Å². The molecular formula is C13H17FN2O3S. The molecule has 1 aromatic rings. The summed E-state index contributed by atoms with van der Waals surface area (Å²) in [6, 6.07) is 5.36. The summed E-state index contributed by atoms with van der Waals surface area (Å²) >= 11 is 0. The van der Waals surface area contributed by atoms with Gasteiger partial charge in [0.2, 0.25) is 15.9 Å². The van der Waals surface area contributed by atoms with Gasteiger partial charge in [-0.1, -0.05) is 25.0 Å². The molecule has 1 aliphatic rings. The van der Waals surface area contributed by atoms with E-state index in [4.69, 9.17) is 5.73 Å². The highest BCUT2D eigenvalue weighted by Crippen LogP contribution is 2.30. The quantitative estimate of drug-likeness (QED) is 0.851. The molecule has 0 bridgehead atoms. The highest BCUT2D eigenvalue weighted by Gasteiger charge is 2.42. The van der Waals surface area contributed by atoms with Crippen molar-refractivity contribution in [3.05, 3.63) is 35.6 Å². The zero-order valence-corrected chi connectivity index (χ0v) is 11.7. The van der Waals surface area contributed by atoms with Crippen molar-refractivity contribution in [1.29, 1.82) is 0 Å². The molecule has 5 nitrogen and oxygen atoms in total. The lowest BCUT2D eigenvalue weighted by Gasteiger charge is -2.26. The van der Waals surface area contributed by atoms with Crippen LogP contribution in [0.1, 0.15) is 31.2 Å². The van der Waals surface area contributed by atoms with Crippen molar-refractivity contribution in [3.8, 4) is 0 Å². The standard InChI is InChI=1S/C13H17FN2O3S/c14-11-5-3-4-10(8-11)9-20(18,19)16-13(12(15)17)6-1-2-7-13/h3-5,8,16H,1-2,6-7,9H2,(H2,15,17). The molecule has 1 amide bonds. The minimum Gasteiger partial charge on any atom is -0.368 e. The molecule has 7 heteroatoms. The topological polar surface area (TPSA) is 89.3 Å². The first kappa shape index (κ1) is 14.9. The van der Waals surface area contributed by atoms with E-state index in [1.807, 2.05) is 0 Å². The summed E-state index contributed by atoms with van der Waals surface area (Å²) in [4.78, 5) is 11.5. The molecule has 2 rings (SSSR count). The largest absolute Gasteiger partial charge is 0.368 e. The van der Waals surface area contributed by atoms with E-state index >= 15 is 0 Å². The fourth-order valence-electron chi connectivity index (χ4n) is 2.56. The molecule has 0 atom stereocenters. The van der Waals surface area contributed by atoms with Crippen molar-refractivity contribution >= 4 is 15.9 Å². The van der Waals surface area contributed by atoms with Crippen LogP contribution in [0.4, 0.5) is 4.39 Å². The number of hydrogen-bond donors (Lipinski definition) is 2. The monoisotopic (exact) mass is 300 g/mol. The van der Waals surface area contributed by atoms with Crippen LogP contribution in [-0.4, -0.2) is 19.9 Å². The molecule has 1 aromatic carbocycles. The van der Waals surface area contributed by atoms with Crippen LogP contribution in [0.5, 0.6) is 0 Å². The van der Waals surface area contributed by atoms with Gasteiger partial charge in [-0.25, -0.2) is 12.8 Å². The van der Waals surface area contributed by atoms with E-state index in [-0.39, 0.29) is 5.75 Å². The predicted octanol–water partition coefficient (Wildman–Crippen LogP) is 1.04. The van der Waals surface area contributed by atoms with Gasteiger partial charge in [-0.2, -0.15) is 4.72 Å². The number of carbonyl (C=O) groups is 1. The molecule has 0 unspecified atom stereocenters. The van der Waals surface area contributed by atoms with Crippen molar-refractivity contribution < 1.29 is 17.6 Å². The second-order valence-corrected chi connectivity index (χ2v) is 6.87. The van der Waals surface area contributed by atoms with Crippen LogP contribution < -0.4 is 10.5 Å². The summed E-state index contributed by atoms with van der Waals surface area (Å²) in [7, 11) is -3.76. The van der Waals surface area contributed by atoms with Crippen LogP contribution >= 0.6 is 0 Å².